The van der Waals surface area contributed by atoms with Crippen molar-refractivity contribution in [1.82, 2.24) is 19.6 Å². The van der Waals surface area contributed by atoms with Crippen molar-refractivity contribution in [1.29, 1.82) is 0 Å². The SMILES string of the molecule is O=C(SCC(CN1CCCC1)SSC(CSC(=O)N1CCCCC1)CN1CCCC1)N1CCCCC1. The zero-order valence-electron chi connectivity index (χ0n) is 21.9. The molecule has 10 heteroatoms. The van der Waals surface area contributed by atoms with E-state index < -0.39 is 0 Å². The van der Waals surface area contributed by atoms with Crippen LogP contribution < -0.4 is 0 Å². The number of hydrogen-bond acceptors (Lipinski definition) is 8. The Morgan fingerprint density at radius 1 is 0.500 bits per heavy atom. The van der Waals surface area contributed by atoms with Gasteiger partial charge in [0.2, 0.25) is 0 Å². The summed E-state index contributed by atoms with van der Waals surface area (Å²) in [5.74, 6) is 1.78. The van der Waals surface area contributed by atoms with Gasteiger partial charge in [0.25, 0.3) is 10.5 Å². The number of rotatable bonds is 11. The highest BCUT2D eigenvalue weighted by Gasteiger charge is 2.26. The largest absolute Gasteiger partial charge is 0.334 e. The molecule has 0 saturated carbocycles. The lowest BCUT2D eigenvalue weighted by Gasteiger charge is -2.29. The van der Waals surface area contributed by atoms with Crippen molar-refractivity contribution >= 4 is 55.6 Å². The van der Waals surface area contributed by atoms with E-state index in [1.54, 1.807) is 23.5 Å². The summed E-state index contributed by atoms with van der Waals surface area (Å²) >= 11 is 3.09. The molecule has 4 saturated heterocycles. The van der Waals surface area contributed by atoms with Crippen molar-refractivity contribution in [2.45, 2.75) is 74.7 Å². The number of likely N-dealkylation sites (tertiary alicyclic amines) is 4. The van der Waals surface area contributed by atoms with E-state index in [9.17, 15) is 9.59 Å². The van der Waals surface area contributed by atoms with Crippen LogP contribution in [0, 0.1) is 0 Å². The van der Waals surface area contributed by atoms with E-state index in [1.165, 1.54) is 64.7 Å². The topological polar surface area (TPSA) is 47.1 Å². The summed E-state index contributed by atoms with van der Waals surface area (Å²) in [6, 6.07) is 0. The van der Waals surface area contributed by atoms with Crippen LogP contribution in [0.1, 0.15) is 64.2 Å². The maximum Gasteiger partial charge on any atom is 0.281 e. The Morgan fingerprint density at radius 3 is 1.19 bits per heavy atom. The van der Waals surface area contributed by atoms with Crippen molar-refractivity contribution in [2.75, 3.05) is 77.0 Å². The Labute approximate surface area is 235 Å². The molecule has 36 heavy (non-hydrogen) atoms. The minimum atomic E-state index is 0.281. The minimum absolute atomic E-state index is 0.281. The summed E-state index contributed by atoms with van der Waals surface area (Å²) in [5, 5.41) is 1.44. The lowest BCUT2D eigenvalue weighted by molar-refractivity contribution is 0.210. The Kier molecular flexibility index (Phi) is 13.3. The Morgan fingerprint density at radius 2 is 0.833 bits per heavy atom. The van der Waals surface area contributed by atoms with Gasteiger partial charge < -0.3 is 19.6 Å². The molecule has 0 aromatic heterocycles. The van der Waals surface area contributed by atoms with Crippen LogP contribution in [-0.2, 0) is 0 Å². The van der Waals surface area contributed by atoms with Gasteiger partial charge in [-0.15, -0.1) is 0 Å². The maximum absolute atomic E-state index is 12.8. The fourth-order valence-corrected chi connectivity index (χ4v) is 11.2. The summed E-state index contributed by atoms with van der Waals surface area (Å²) in [5.41, 5.74) is 0. The number of nitrogens with zero attached hydrogens (tertiary/aromatic N) is 4. The molecular weight excluding hydrogens is 529 g/mol. The first-order valence-corrected chi connectivity index (χ1v) is 18.5. The van der Waals surface area contributed by atoms with Gasteiger partial charge in [-0.3, -0.25) is 9.59 Å². The summed E-state index contributed by atoms with van der Waals surface area (Å²) in [6.07, 6.45) is 12.3. The van der Waals surface area contributed by atoms with Gasteiger partial charge in [-0.25, -0.2) is 0 Å². The number of piperidine rings is 2. The van der Waals surface area contributed by atoms with E-state index in [2.05, 4.69) is 19.6 Å². The van der Waals surface area contributed by atoms with Crippen LogP contribution in [0.15, 0.2) is 0 Å². The second-order valence-electron chi connectivity index (χ2n) is 10.7. The van der Waals surface area contributed by atoms with Gasteiger partial charge in [-0.05, 0) is 90.4 Å². The molecule has 2 amide bonds. The van der Waals surface area contributed by atoms with Gasteiger partial charge in [0.1, 0.15) is 0 Å². The standard InChI is InChI=1S/C26H46N4O2S4/c31-25(29-15-3-1-4-16-29)33-21-23(19-27-11-7-8-12-27)35-36-24(20-28-13-9-10-14-28)22-34-26(32)30-17-5-2-6-18-30/h23-24H,1-22H2. The van der Waals surface area contributed by atoms with Crippen molar-refractivity contribution in [3.05, 3.63) is 0 Å². The monoisotopic (exact) mass is 574 g/mol. The molecule has 0 radical (unpaired) electrons. The zero-order valence-corrected chi connectivity index (χ0v) is 25.2. The molecule has 0 N–H and O–H groups in total. The number of hydrogen-bond donors (Lipinski definition) is 0. The normalized spacial score (nSPS) is 23.8. The van der Waals surface area contributed by atoms with Gasteiger partial charge in [-0.1, -0.05) is 45.1 Å². The maximum atomic E-state index is 12.8. The van der Waals surface area contributed by atoms with Crippen LogP contribution >= 0.6 is 45.1 Å². The first kappa shape index (κ1) is 29.2. The highest BCUT2D eigenvalue weighted by Crippen LogP contribution is 2.37. The second kappa shape index (κ2) is 16.4. The minimum Gasteiger partial charge on any atom is -0.334 e. The van der Waals surface area contributed by atoms with E-state index in [4.69, 9.17) is 0 Å². The predicted octanol–water partition coefficient (Wildman–Crippen LogP) is 5.97. The first-order chi connectivity index (χ1) is 17.7. The van der Waals surface area contributed by atoms with Crippen LogP contribution in [0.4, 0.5) is 9.59 Å². The van der Waals surface area contributed by atoms with E-state index >= 15 is 0 Å². The Hall–Kier alpha value is 0.260. The third kappa shape index (κ3) is 10.1. The van der Waals surface area contributed by atoms with Crippen molar-refractivity contribution in [2.24, 2.45) is 0 Å². The van der Waals surface area contributed by atoms with Crippen LogP contribution in [0.3, 0.4) is 0 Å². The molecule has 206 valence electrons. The molecule has 0 aliphatic carbocycles. The van der Waals surface area contributed by atoms with Gasteiger partial charge in [0, 0.05) is 61.3 Å². The van der Waals surface area contributed by atoms with Crippen molar-refractivity contribution < 1.29 is 9.59 Å². The quantitative estimate of drug-likeness (QED) is 0.280. The first-order valence-electron chi connectivity index (χ1n) is 14.3. The average Bonchev–Trinajstić information content (AvgIpc) is 3.63. The third-order valence-corrected chi connectivity index (χ3v) is 13.5. The van der Waals surface area contributed by atoms with Crippen LogP contribution in [-0.4, -0.2) is 118 Å². The molecule has 6 nitrogen and oxygen atoms in total. The van der Waals surface area contributed by atoms with E-state index in [1.807, 2.05) is 21.6 Å². The van der Waals surface area contributed by atoms with Crippen molar-refractivity contribution in [3.63, 3.8) is 0 Å². The average molecular weight is 575 g/mol. The molecule has 4 heterocycles. The summed E-state index contributed by atoms with van der Waals surface area (Å²) < 4.78 is 0. The summed E-state index contributed by atoms with van der Waals surface area (Å²) in [6.45, 7) is 10.7. The second-order valence-corrected chi connectivity index (χ2v) is 15.5. The molecule has 0 aromatic carbocycles. The van der Waals surface area contributed by atoms with Crippen molar-refractivity contribution in [3.8, 4) is 0 Å². The zero-order chi connectivity index (χ0) is 25.0. The molecule has 4 aliphatic heterocycles. The molecule has 4 rings (SSSR count). The predicted molar refractivity (Wildman–Crippen MR) is 161 cm³/mol. The third-order valence-electron chi connectivity index (χ3n) is 7.66. The van der Waals surface area contributed by atoms with Gasteiger partial charge in [0.15, 0.2) is 0 Å². The Balaban J connectivity index is 1.28. The highest BCUT2D eigenvalue weighted by atomic mass is 33.1. The van der Waals surface area contributed by atoms with Crippen LogP contribution in [0.2, 0.25) is 0 Å². The smallest absolute Gasteiger partial charge is 0.281 e. The van der Waals surface area contributed by atoms with Crippen LogP contribution in [0.25, 0.3) is 0 Å². The molecular formula is C26H46N4O2S4. The van der Waals surface area contributed by atoms with E-state index in [0.29, 0.717) is 10.5 Å². The fraction of sp³-hybridized carbons (Fsp3) is 0.923. The molecule has 0 spiro atoms. The molecule has 2 unspecified atom stereocenters. The van der Waals surface area contributed by atoms with Gasteiger partial charge >= 0.3 is 0 Å². The lowest BCUT2D eigenvalue weighted by atomic mass is 10.1. The number of thioether (sulfide) groups is 2. The summed E-state index contributed by atoms with van der Waals surface area (Å²) in [7, 11) is 3.99. The fourth-order valence-electron chi connectivity index (χ4n) is 5.55. The van der Waals surface area contributed by atoms with E-state index in [0.717, 1.165) is 76.5 Å². The lowest BCUT2D eigenvalue weighted by Crippen LogP contribution is -2.35. The molecule has 2 atom stereocenters. The number of amides is 2. The highest BCUT2D eigenvalue weighted by molar-refractivity contribution is 8.77. The molecule has 4 aliphatic rings. The number of carbonyl (C=O) groups excluding carboxylic acids is 2. The molecule has 0 aromatic rings. The molecule has 4 fully saturated rings. The Bertz CT molecular complexity index is 608. The number of carbonyl (C=O) groups is 2. The van der Waals surface area contributed by atoms with Crippen LogP contribution in [0.5, 0.6) is 0 Å². The molecule has 0 bridgehead atoms. The van der Waals surface area contributed by atoms with E-state index in [-0.39, 0.29) is 10.5 Å². The van der Waals surface area contributed by atoms with Gasteiger partial charge in [-0.2, -0.15) is 0 Å². The van der Waals surface area contributed by atoms with Gasteiger partial charge in [0.05, 0.1) is 0 Å². The summed E-state index contributed by atoms with van der Waals surface area (Å²) in [4.78, 5) is 35.0.